The molecule has 2 aliphatic rings. The summed E-state index contributed by atoms with van der Waals surface area (Å²) < 4.78 is 23.1. The first-order valence-corrected chi connectivity index (χ1v) is 10.6. The number of aliphatic carboxylic acids is 1. The fraction of sp³-hybridized carbons (Fsp3) is 0.684. The molecule has 2 fully saturated rings. The van der Waals surface area contributed by atoms with Gasteiger partial charge in [-0.2, -0.15) is 0 Å². The fourth-order valence-corrected chi connectivity index (χ4v) is 4.95. The van der Waals surface area contributed by atoms with Crippen molar-refractivity contribution in [2.45, 2.75) is 58.9 Å². The van der Waals surface area contributed by atoms with Gasteiger partial charge in [0.1, 0.15) is 0 Å². The van der Waals surface area contributed by atoms with Crippen molar-refractivity contribution in [3.63, 3.8) is 0 Å². The Kier molecular flexibility index (Phi) is 7.61. The van der Waals surface area contributed by atoms with E-state index in [2.05, 4.69) is 0 Å². The quantitative estimate of drug-likeness (QED) is 0.694. The zero-order chi connectivity index (χ0) is 20.1. The topological polar surface area (TPSA) is 98.2 Å². The molecule has 2 rings (SSSR count). The van der Waals surface area contributed by atoms with E-state index in [1.54, 1.807) is 4.90 Å². The van der Waals surface area contributed by atoms with Crippen LogP contribution >= 0.6 is 0 Å². The van der Waals surface area contributed by atoms with Crippen LogP contribution in [0.25, 0.3) is 0 Å². The number of nitrogens with zero attached hydrogens (tertiary/aromatic N) is 2. The predicted molar refractivity (Wildman–Crippen MR) is 104 cm³/mol. The zero-order valence-electron chi connectivity index (χ0n) is 16.3. The summed E-state index contributed by atoms with van der Waals surface area (Å²) in [5.74, 6) is -0.982. The maximum Gasteiger partial charge on any atom is 0.306 e. The molecule has 27 heavy (non-hydrogen) atoms. The lowest BCUT2D eigenvalue weighted by molar-refractivity contribution is -0.145. The van der Waals surface area contributed by atoms with E-state index in [4.69, 9.17) is 5.11 Å². The normalized spacial score (nSPS) is 28.6. The Balaban J connectivity index is 1.97. The van der Waals surface area contributed by atoms with Gasteiger partial charge in [-0.15, -0.1) is 0 Å². The molecule has 2 heterocycles. The molecule has 152 valence electrons. The highest BCUT2D eigenvalue weighted by atomic mass is 32.2. The van der Waals surface area contributed by atoms with E-state index in [1.807, 2.05) is 32.9 Å². The van der Waals surface area contributed by atoms with Crippen molar-refractivity contribution in [2.75, 3.05) is 13.1 Å². The van der Waals surface area contributed by atoms with Gasteiger partial charge in [0.15, 0.2) is 0 Å². The second kappa shape index (κ2) is 9.50. The molecule has 0 aromatic heterocycles. The number of hydrogen-bond acceptors (Lipinski definition) is 3. The van der Waals surface area contributed by atoms with Gasteiger partial charge in [0.25, 0.3) is 11.3 Å². The molecule has 0 radical (unpaired) electrons. The molecule has 1 unspecified atom stereocenters. The van der Waals surface area contributed by atoms with Crippen LogP contribution in [0.3, 0.4) is 0 Å². The van der Waals surface area contributed by atoms with Crippen LogP contribution in [0.4, 0.5) is 0 Å². The molecule has 8 heteroatoms. The smallest absolute Gasteiger partial charge is 0.306 e. The number of hydrogen-bond donors (Lipinski definition) is 2. The summed E-state index contributed by atoms with van der Waals surface area (Å²) in [6.07, 6.45) is 6.62. The number of carboxylic acid groups (broad SMARTS) is 1. The van der Waals surface area contributed by atoms with Gasteiger partial charge >= 0.3 is 5.97 Å². The maximum atomic E-state index is 12.5. The monoisotopic (exact) mass is 398 g/mol. The number of carbonyl (C=O) groups is 2. The molecule has 7 nitrogen and oxygen atoms in total. The van der Waals surface area contributed by atoms with Gasteiger partial charge in [-0.3, -0.25) is 18.4 Å². The Morgan fingerprint density at radius 2 is 1.85 bits per heavy atom. The Labute approximate surface area is 163 Å². The second-order valence-corrected chi connectivity index (χ2v) is 8.14. The van der Waals surface area contributed by atoms with Crippen LogP contribution in [0, 0.1) is 11.8 Å². The minimum Gasteiger partial charge on any atom is -0.481 e. The van der Waals surface area contributed by atoms with Crippen molar-refractivity contribution >= 4 is 23.1 Å². The van der Waals surface area contributed by atoms with Crippen molar-refractivity contribution in [3.8, 4) is 0 Å². The van der Waals surface area contributed by atoms with Crippen molar-refractivity contribution < 1.29 is 23.5 Å². The van der Waals surface area contributed by atoms with Gasteiger partial charge in [0.05, 0.1) is 11.6 Å². The molecular formula is C19H30N2O5S. The summed E-state index contributed by atoms with van der Waals surface area (Å²) in [5.41, 5.74) is 1.81. The van der Waals surface area contributed by atoms with E-state index in [-0.39, 0.29) is 23.8 Å². The number of rotatable bonds is 5. The minimum atomic E-state index is -2.11. The number of amides is 1. The number of carboxylic acids is 1. The Bertz CT molecular complexity index is 652. The average Bonchev–Trinajstić information content (AvgIpc) is 2.65. The summed E-state index contributed by atoms with van der Waals surface area (Å²) in [4.78, 5) is 25.3. The summed E-state index contributed by atoms with van der Waals surface area (Å²) in [7, 11) is 0. The van der Waals surface area contributed by atoms with Gasteiger partial charge < -0.3 is 10.0 Å². The SMILES string of the molecule is C/C=C1/C[C@@H](CCC(=O)N2CCC(C(=O)O)CC2)[C@@H](C)N(S(=O)O)/C1=C/C. The van der Waals surface area contributed by atoms with Crippen LogP contribution in [0.1, 0.15) is 52.9 Å². The van der Waals surface area contributed by atoms with Crippen LogP contribution in [-0.4, -0.2) is 54.1 Å². The lowest BCUT2D eigenvalue weighted by Crippen LogP contribution is -2.44. The first kappa shape index (κ1) is 21.6. The van der Waals surface area contributed by atoms with Gasteiger partial charge in [-0.25, -0.2) is 4.21 Å². The number of likely N-dealkylation sites (tertiary alicyclic amines) is 1. The molecule has 0 spiro atoms. The largest absolute Gasteiger partial charge is 0.481 e. The van der Waals surface area contributed by atoms with Crippen molar-refractivity contribution in [2.24, 2.45) is 11.8 Å². The minimum absolute atomic E-state index is 0.0431. The number of allylic oxidation sites excluding steroid dienone is 3. The van der Waals surface area contributed by atoms with Crippen LogP contribution in [-0.2, 0) is 20.9 Å². The van der Waals surface area contributed by atoms with Crippen molar-refractivity contribution in [1.29, 1.82) is 0 Å². The van der Waals surface area contributed by atoms with E-state index in [0.29, 0.717) is 38.8 Å². The molecule has 0 saturated carbocycles. The van der Waals surface area contributed by atoms with Crippen LogP contribution in [0.2, 0.25) is 0 Å². The Hall–Kier alpha value is -1.67. The van der Waals surface area contributed by atoms with Gasteiger partial charge in [0, 0.05) is 25.6 Å². The van der Waals surface area contributed by atoms with Crippen LogP contribution < -0.4 is 0 Å². The zero-order valence-corrected chi connectivity index (χ0v) is 17.1. The highest BCUT2D eigenvalue weighted by molar-refractivity contribution is 7.76. The Morgan fingerprint density at radius 1 is 1.22 bits per heavy atom. The second-order valence-electron chi connectivity index (χ2n) is 7.28. The molecule has 2 N–H and O–H groups in total. The van der Waals surface area contributed by atoms with Crippen LogP contribution in [0.15, 0.2) is 23.4 Å². The predicted octanol–water partition coefficient (Wildman–Crippen LogP) is 2.79. The molecule has 1 amide bonds. The standard InChI is InChI=1S/C19H30N2O5S/c1-4-14-12-16(13(3)21(27(25)26)17(14)5-2)6-7-18(22)20-10-8-15(9-11-20)19(23)24/h4-5,13,15-16H,6-12H2,1-3H3,(H,23,24)(H,25,26)/b14-4-,17-5+/t13-,16-/m1/s1. The average molecular weight is 399 g/mol. The lowest BCUT2D eigenvalue weighted by Gasteiger charge is -2.41. The Morgan fingerprint density at radius 3 is 2.33 bits per heavy atom. The van der Waals surface area contributed by atoms with Gasteiger partial charge in [-0.1, -0.05) is 12.2 Å². The van der Waals surface area contributed by atoms with E-state index in [9.17, 15) is 18.4 Å². The highest BCUT2D eigenvalue weighted by Gasteiger charge is 2.36. The van der Waals surface area contributed by atoms with E-state index >= 15 is 0 Å². The number of piperidine rings is 2. The third kappa shape index (κ3) is 4.99. The van der Waals surface area contributed by atoms with E-state index in [1.165, 1.54) is 4.31 Å². The molecule has 0 aliphatic carbocycles. The van der Waals surface area contributed by atoms with E-state index in [0.717, 1.165) is 17.7 Å². The lowest BCUT2D eigenvalue weighted by atomic mass is 9.83. The summed E-state index contributed by atoms with van der Waals surface area (Å²) in [5, 5.41) is 9.06. The maximum absolute atomic E-state index is 12.5. The molecule has 2 aliphatic heterocycles. The summed E-state index contributed by atoms with van der Waals surface area (Å²) in [6, 6.07) is -0.142. The van der Waals surface area contributed by atoms with Gasteiger partial charge in [-0.05, 0) is 57.9 Å². The fourth-order valence-electron chi connectivity index (χ4n) is 4.10. The molecule has 0 bridgehead atoms. The highest BCUT2D eigenvalue weighted by Crippen LogP contribution is 2.37. The number of carbonyl (C=O) groups excluding carboxylic acids is 1. The molecule has 0 aromatic carbocycles. The third-order valence-corrected chi connectivity index (χ3v) is 6.68. The first-order valence-electron chi connectivity index (χ1n) is 9.52. The first-order chi connectivity index (χ1) is 12.8. The van der Waals surface area contributed by atoms with Gasteiger partial charge in [0.2, 0.25) is 5.91 Å². The van der Waals surface area contributed by atoms with Crippen molar-refractivity contribution in [3.05, 3.63) is 23.4 Å². The third-order valence-electron chi connectivity index (χ3n) is 5.82. The van der Waals surface area contributed by atoms with Crippen molar-refractivity contribution in [1.82, 2.24) is 9.21 Å². The van der Waals surface area contributed by atoms with Crippen LogP contribution in [0.5, 0.6) is 0 Å². The molecular weight excluding hydrogens is 368 g/mol. The summed E-state index contributed by atoms with van der Waals surface area (Å²) >= 11 is -2.11. The molecule has 2 saturated heterocycles. The molecule has 3 atom stereocenters. The van der Waals surface area contributed by atoms with E-state index < -0.39 is 17.2 Å². The molecule has 0 aromatic rings. The summed E-state index contributed by atoms with van der Waals surface area (Å²) in [6.45, 7) is 6.69.